The molecule has 3 aromatic carbocycles. The van der Waals surface area contributed by atoms with Crippen LogP contribution in [0.3, 0.4) is 0 Å². The number of hydrogen-bond donors (Lipinski definition) is 1. The molecule has 0 bridgehead atoms. The summed E-state index contributed by atoms with van der Waals surface area (Å²) in [5, 5.41) is 13.2. The lowest BCUT2D eigenvalue weighted by molar-refractivity contribution is -0.140. The van der Waals surface area contributed by atoms with Gasteiger partial charge in [-0.25, -0.2) is 0 Å². The summed E-state index contributed by atoms with van der Waals surface area (Å²) in [5.74, 6) is -1.15. The van der Waals surface area contributed by atoms with E-state index < -0.39 is 17.7 Å². The number of rotatable bonds is 7. The van der Waals surface area contributed by atoms with E-state index in [0.29, 0.717) is 30.9 Å². The summed E-state index contributed by atoms with van der Waals surface area (Å²) >= 11 is 0. The number of amides is 1. The summed E-state index contributed by atoms with van der Waals surface area (Å²) in [7, 11) is 3.09. The van der Waals surface area contributed by atoms with E-state index in [2.05, 4.69) is 0 Å². The first-order valence-electron chi connectivity index (χ1n) is 10.5. The number of para-hydroxylation sites is 1. The van der Waals surface area contributed by atoms with Crippen molar-refractivity contribution in [1.29, 1.82) is 0 Å². The summed E-state index contributed by atoms with van der Waals surface area (Å²) < 4.78 is 10.5. The fourth-order valence-electron chi connectivity index (χ4n) is 4.29. The van der Waals surface area contributed by atoms with Gasteiger partial charge in [0, 0.05) is 20.3 Å². The van der Waals surface area contributed by atoms with Crippen LogP contribution < -0.4 is 4.74 Å². The molecule has 1 saturated heterocycles. The highest BCUT2D eigenvalue weighted by Gasteiger charge is 2.46. The first-order valence-corrected chi connectivity index (χ1v) is 10.5. The van der Waals surface area contributed by atoms with Gasteiger partial charge in [0.1, 0.15) is 11.5 Å². The minimum absolute atomic E-state index is 0.0632. The number of ketones is 1. The number of likely N-dealkylation sites (tertiary alicyclic amines) is 1. The average Bonchev–Trinajstić information content (AvgIpc) is 3.08. The van der Waals surface area contributed by atoms with Crippen molar-refractivity contribution < 1.29 is 24.2 Å². The van der Waals surface area contributed by atoms with E-state index in [4.69, 9.17) is 9.47 Å². The Labute approximate surface area is 186 Å². The molecule has 3 aromatic rings. The van der Waals surface area contributed by atoms with Crippen LogP contribution in [0.4, 0.5) is 0 Å². The van der Waals surface area contributed by atoms with Crippen LogP contribution in [0, 0.1) is 0 Å². The van der Waals surface area contributed by atoms with Gasteiger partial charge in [0.05, 0.1) is 24.3 Å². The Hall–Kier alpha value is -3.64. The Morgan fingerprint density at radius 1 is 0.969 bits per heavy atom. The van der Waals surface area contributed by atoms with Crippen LogP contribution in [0.2, 0.25) is 0 Å². The highest BCUT2D eigenvalue weighted by atomic mass is 16.5. The molecule has 0 radical (unpaired) electrons. The van der Waals surface area contributed by atoms with Crippen LogP contribution >= 0.6 is 0 Å². The third kappa shape index (κ3) is 3.74. The van der Waals surface area contributed by atoms with Gasteiger partial charge >= 0.3 is 0 Å². The summed E-state index contributed by atoms with van der Waals surface area (Å²) in [4.78, 5) is 27.8. The zero-order valence-corrected chi connectivity index (χ0v) is 18.1. The van der Waals surface area contributed by atoms with Crippen molar-refractivity contribution in [2.75, 3.05) is 27.4 Å². The summed E-state index contributed by atoms with van der Waals surface area (Å²) in [6, 6.07) is 19.8. The van der Waals surface area contributed by atoms with Gasteiger partial charge in [-0.15, -0.1) is 0 Å². The van der Waals surface area contributed by atoms with Crippen molar-refractivity contribution >= 4 is 28.2 Å². The minimum Gasteiger partial charge on any atom is -0.507 e. The molecule has 6 heteroatoms. The van der Waals surface area contributed by atoms with Crippen molar-refractivity contribution in [3.63, 3.8) is 0 Å². The number of aliphatic hydroxyl groups is 1. The average molecular weight is 431 g/mol. The maximum absolute atomic E-state index is 13.2. The Morgan fingerprint density at radius 3 is 2.47 bits per heavy atom. The number of aliphatic hydroxyl groups excluding tert-OH is 1. The van der Waals surface area contributed by atoms with E-state index >= 15 is 0 Å². The Kier molecular flexibility index (Phi) is 6.23. The van der Waals surface area contributed by atoms with Crippen LogP contribution in [-0.2, 0) is 14.3 Å². The largest absolute Gasteiger partial charge is 0.507 e. The zero-order chi connectivity index (χ0) is 22.7. The van der Waals surface area contributed by atoms with E-state index in [9.17, 15) is 14.7 Å². The van der Waals surface area contributed by atoms with Crippen molar-refractivity contribution in [2.24, 2.45) is 0 Å². The SMILES string of the molecule is COCCCN1C(=O)C(=O)/C(=C(/O)c2ccccc2OC)C1c1cccc2ccccc12. The van der Waals surface area contributed by atoms with Gasteiger partial charge in [-0.05, 0) is 34.9 Å². The van der Waals surface area contributed by atoms with Crippen LogP contribution in [0.5, 0.6) is 5.75 Å². The lowest BCUT2D eigenvalue weighted by Crippen LogP contribution is -2.31. The molecule has 1 fully saturated rings. The molecule has 4 rings (SSSR count). The van der Waals surface area contributed by atoms with Crippen molar-refractivity contribution in [2.45, 2.75) is 12.5 Å². The molecule has 1 atom stereocenters. The zero-order valence-electron chi connectivity index (χ0n) is 18.1. The molecule has 1 amide bonds. The molecule has 1 unspecified atom stereocenters. The molecule has 0 spiro atoms. The van der Waals surface area contributed by atoms with Gasteiger partial charge in [0.2, 0.25) is 0 Å². The number of hydrogen-bond acceptors (Lipinski definition) is 5. The quantitative estimate of drug-likeness (QED) is 0.261. The maximum Gasteiger partial charge on any atom is 0.295 e. The number of nitrogens with zero attached hydrogens (tertiary/aromatic N) is 1. The Morgan fingerprint density at radius 2 is 1.69 bits per heavy atom. The number of methoxy groups -OCH3 is 2. The number of Topliss-reactive ketones (excluding diaryl/α,β-unsaturated/α-hetero) is 1. The number of ether oxygens (including phenoxy) is 2. The molecule has 0 saturated carbocycles. The minimum atomic E-state index is -0.720. The van der Waals surface area contributed by atoms with Crippen molar-refractivity contribution in [3.8, 4) is 5.75 Å². The second-order valence-corrected chi connectivity index (χ2v) is 7.61. The molecule has 0 aromatic heterocycles. The number of carbonyl (C=O) groups excluding carboxylic acids is 2. The van der Waals surface area contributed by atoms with E-state index in [0.717, 1.165) is 16.3 Å². The second-order valence-electron chi connectivity index (χ2n) is 7.61. The molecule has 0 aliphatic carbocycles. The lowest BCUT2D eigenvalue weighted by Gasteiger charge is -2.26. The van der Waals surface area contributed by atoms with E-state index in [1.54, 1.807) is 31.4 Å². The standard InChI is InChI=1S/C26H25NO5/c1-31-16-8-15-27-23(19-13-7-10-17-9-3-4-11-18(17)19)22(25(29)26(27)30)24(28)20-12-5-6-14-21(20)32-2/h3-7,9-14,23,28H,8,15-16H2,1-2H3/b24-22+. The smallest absolute Gasteiger partial charge is 0.295 e. The van der Waals surface area contributed by atoms with Crippen LogP contribution in [0.15, 0.2) is 72.3 Å². The van der Waals surface area contributed by atoms with Gasteiger partial charge < -0.3 is 19.5 Å². The normalized spacial score (nSPS) is 17.8. The highest BCUT2D eigenvalue weighted by Crippen LogP contribution is 2.42. The van der Waals surface area contributed by atoms with Gasteiger partial charge in [0.15, 0.2) is 0 Å². The van der Waals surface area contributed by atoms with Crippen LogP contribution in [0.1, 0.15) is 23.6 Å². The third-order valence-electron chi connectivity index (χ3n) is 5.77. The first-order chi connectivity index (χ1) is 15.6. The third-order valence-corrected chi connectivity index (χ3v) is 5.77. The maximum atomic E-state index is 13.2. The van der Waals surface area contributed by atoms with Gasteiger partial charge in [0.25, 0.3) is 11.7 Å². The monoisotopic (exact) mass is 431 g/mol. The molecule has 32 heavy (non-hydrogen) atoms. The van der Waals surface area contributed by atoms with Gasteiger partial charge in [-0.3, -0.25) is 9.59 Å². The number of fused-ring (bicyclic) bond motifs is 1. The molecule has 1 N–H and O–H groups in total. The Bertz CT molecular complexity index is 1190. The second kappa shape index (κ2) is 9.24. The number of carbonyl (C=O) groups is 2. The van der Waals surface area contributed by atoms with Crippen LogP contribution in [0.25, 0.3) is 16.5 Å². The molecule has 164 valence electrons. The molecular weight excluding hydrogens is 406 g/mol. The predicted molar refractivity (Wildman–Crippen MR) is 122 cm³/mol. The molecular formula is C26H25NO5. The lowest BCUT2D eigenvalue weighted by atomic mass is 9.91. The topological polar surface area (TPSA) is 76.1 Å². The van der Waals surface area contributed by atoms with Crippen molar-refractivity contribution in [3.05, 3.63) is 83.4 Å². The van der Waals surface area contributed by atoms with Gasteiger partial charge in [-0.1, -0.05) is 54.6 Å². The summed E-state index contributed by atoms with van der Waals surface area (Å²) in [6.45, 7) is 0.784. The molecule has 1 heterocycles. The van der Waals surface area contributed by atoms with E-state index in [1.807, 2.05) is 42.5 Å². The van der Waals surface area contributed by atoms with E-state index in [-0.39, 0.29) is 11.3 Å². The molecule has 6 nitrogen and oxygen atoms in total. The van der Waals surface area contributed by atoms with E-state index in [1.165, 1.54) is 12.0 Å². The summed E-state index contributed by atoms with van der Waals surface area (Å²) in [6.07, 6.45) is 0.569. The predicted octanol–water partition coefficient (Wildman–Crippen LogP) is 4.31. The first kappa shape index (κ1) is 21.6. The number of benzene rings is 3. The highest BCUT2D eigenvalue weighted by molar-refractivity contribution is 6.46. The molecule has 1 aliphatic heterocycles. The van der Waals surface area contributed by atoms with Crippen molar-refractivity contribution in [1.82, 2.24) is 4.90 Å². The van der Waals surface area contributed by atoms with Crippen LogP contribution in [-0.4, -0.2) is 49.1 Å². The van der Waals surface area contributed by atoms with Gasteiger partial charge in [-0.2, -0.15) is 0 Å². The fraction of sp³-hybridized carbons (Fsp3) is 0.231. The Balaban J connectivity index is 1.95. The summed E-state index contributed by atoms with van der Waals surface area (Å²) in [5.41, 5.74) is 1.22. The fourth-order valence-corrected chi connectivity index (χ4v) is 4.29. The molecule has 1 aliphatic rings.